The van der Waals surface area contributed by atoms with E-state index in [1.807, 2.05) is 6.07 Å². The molecule has 2 fully saturated rings. The molecule has 0 N–H and O–H groups in total. The van der Waals surface area contributed by atoms with E-state index in [1.165, 1.54) is 30.4 Å². The van der Waals surface area contributed by atoms with Crippen LogP contribution >= 0.6 is 0 Å². The summed E-state index contributed by atoms with van der Waals surface area (Å²) in [6.07, 6.45) is 7.51. The maximum absolute atomic E-state index is 4.47. The predicted octanol–water partition coefficient (Wildman–Crippen LogP) is 4.30. The number of benzene rings is 1. The number of aromatic nitrogens is 2. The SMILES string of the molecule is C=C(c1ccc(C)cc1-c1ncccn1)N1C2CCC1C(C)C2. The molecule has 0 radical (unpaired) electrons. The van der Waals surface area contributed by atoms with E-state index in [0.29, 0.717) is 12.1 Å². The molecule has 0 saturated carbocycles. The molecule has 2 saturated heterocycles. The fraction of sp³-hybridized carbons (Fsp3) is 0.400. The maximum Gasteiger partial charge on any atom is 0.159 e. The zero-order valence-corrected chi connectivity index (χ0v) is 13.9. The van der Waals surface area contributed by atoms with Gasteiger partial charge in [0.25, 0.3) is 0 Å². The van der Waals surface area contributed by atoms with E-state index in [0.717, 1.165) is 23.0 Å². The zero-order valence-electron chi connectivity index (χ0n) is 13.9. The van der Waals surface area contributed by atoms with E-state index in [-0.39, 0.29) is 0 Å². The van der Waals surface area contributed by atoms with Gasteiger partial charge in [-0.1, -0.05) is 31.2 Å². The van der Waals surface area contributed by atoms with Gasteiger partial charge in [-0.05, 0) is 44.2 Å². The van der Waals surface area contributed by atoms with Gasteiger partial charge in [-0.15, -0.1) is 0 Å². The average molecular weight is 305 g/mol. The van der Waals surface area contributed by atoms with Crippen molar-refractivity contribution in [1.29, 1.82) is 0 Å². The van der Waals surface area contributed by atoms with Gasteiger partial charge in [-0.3, -0.25) is 0 Å². The second-order valence-corrected chi connectivity index (χ2v) is 6.99. The van der Waals surface area contributed by atoms with Crippen molar-refractivity contribution in [2.24, 2.45) is 5.92 Å². The number of nitrogens with zero attached hydrogens (tertiary/aromatic N) is 3. The molecule has 3 unspecified atom stereocenters. The molecule has 2 bridgehead atoms. The van der Waals surface area contributed by atoms with Gasteiger partial charge in [-0.2, -0.15) is 0 Å². The Bertz CT molecular complexity index is 738. The first-order valence-corrected chi connectivity index (χ1v) is 8.51. The maximum atomic E-state index is 4.47. The Balaban J connectivity index is 1.76. The molecular weight excluding hydrogens is 282 g/mol. The van der Waals surface area contributed by atoms with Gasteiger partial charge in [0.15, 0.2) is 5.82 Å². The van der Waals surface area contributed by atoms with Crippen molar-refractivity contribution in [3.8, 4) is 11.4 Å². The fourth-order valence-electron chi connectivity index (χ4n) is 4.38. The fourth-order valence-corrected chi connectivity index (χ4v) is 4.38. The van der Waals surface area contributed by atoms with Gasteiger partial charge in [0.1, 0.15) is 0 Å². The van der Waals surface area contributed by atoms with Crippen LogP contribution in [-0.2, 0) is 0 Å². The van der Waals surface area contributed by atoms with E-state index in [4.69, 9.17) is 0 Å². The summed E-state index contributed by atoms with van der Waals surface area (Å²) < 4.78 is 0. The molecule has 1 aromatic heterocycles. The Kier molecular flexibility index (Phi) is 3.44. The van der Waals surface area contributed by atoms with Crippen LogP contribution in [0.25, 0.3) is 17.1 Å². The highest BCUT2D eigenvalue weighted by atomic mass is 15.2. The number of fused-ring (bicyclic) bond motifs is 2. The summed E-state index contributed by atoms with van der Waals surface area (Å²) in [5, 5.41) is 0. The monoisotopic (exact) mass is 305 g/mol. The van der Waals surface area contributed by atoms with Crippen LogP contribution in [0, 0.1) is 12.8 Å². The summed E-state index contributed by atoms with van der Waals surface area (Å²) in [7, 11) is 0. The van der Waals surface area contributed by atoms with E-state index in [1.54, 1.807) is 12.4 Å². The summed E-state index contributed by atoms with van der Waals surface area (Å²) in [4.78, 5) is 11.5. The first kappa shape index (κ1) is 14.4. The van der Waals surface area contributed by atoms with Crippen LogP contribution in [0.2, 0.25) is 0 Å². The first-order valence-electron chi connectivity index (χ1n) is 8.51. The predicted molar refractivity (Wildman–Crippen MR) is 93.7 cm³/mol. The molecular formula is C20H23N3. The first-order chi connectivity index (χ1) is 11.1. The minimum Gasteiger partial charge on any atom is -0.365 e. The quantitative estimate of drug-likeness (QED) is 0.847. The Morgan fingerprint density at radius 2 is 2.00 bits per heavy atom. The molecule has 3 heteroatoms. The minimum atomic E-state index is 0.651. The molecule has 2 aliphatic rings. The molecule has 0 spiro atoms. The van der Waals surface area contributed by atoms with Gasteiger partial charge < -0.3 is 4.90 Å². The third-order valence-electron chi connectivity index (χ3n) is 5.45. The van der Waals surface area contributed by atoms with Gasteiger partial charge in [0, 0.05) is 41.3 Å². The second kappa shape index (κ2) is 5.48. The van der Waals surface area contributed by atoms with Crippen molar-refractivity contribution in [3.05, 3.63) is 54.4 Å². The van der Waals surface area contributed by atoms with Gasteiger partial charge in [0.2, 0.25) is 0 Å². The molecule has 2 aliphatic heterocycles. The van der Waals surface area contributed by atoms with Crippen LogP contribution < -0.4 is 0 Å². The third kappa shape index (κ3) is 2.35. The normalized spacial score (nSPS) is 25.8. The van der Waals surface area contributed by atoms with Gasteiger partial charge in [-0.25, -0.2) is 9.97 Å². The zero-order chi connectivity index (χ0) is 16.0. The number of hydrogen-bond donors (Lipinski definition) is 0. The highest BCUT2D eigenvalue weighted by Gasteiger charge is 2.44. The number of rotatable bonds is 3. The summed E-state index contributed by atoms with van der Waals surface area (Å²) in [6.45, 7) is 8.96. The lowest BCUT2D eigenvalue weighted by Crippen LogP contribution is -2.28. The Hall–Kier alpha value is -2.16. The van der Waals surface area contributed by atoms with Crippen LogP contribution in [0.15, 0.2) is 43.2 Å². The lowest BCUT2D eigenvalue weighted by Gasteiger charge is -2.29. The van der Waals surface area contributed by atoms with Crippen LogP contribution in [0.5, 0.6) is 0 Å². The van der Waals surface area contributed by atoms with Crippen molar-refractivity contribution in [2.75, 3.05) is 0 Å². The molecule has 2 aromatic rings. The van der Waals surface area contributed by atoms with E-state index in [2.05, 4.69) is 53.5 Å². The Morgan fingerprint density at radius 1 is 1.22 bits per heavy atom. The summed E-state index contributed by atoms with van der Waals surface area (Å²) in [6, 6.07) is 9.69. The average Bonchev–Trinajstić information content (AvgIpc) is 3.11. The largest absolute Gasteiger partial charge is 0.365 e. The molecule has 0 aliphatic carbocycles. The van der Waals surface area contributed by atoms with Crippen molar-refractivity contribution in [1.82, 2.24) is 14.9 Å². The molecule has 23 heavy (non-hydrogen) atoms. The van der Waals surface area contributed by atoms with Crippen LogP contribution in [0.4, 0.5) is 0 Å². The molecule has 118 valence electrons. The number of aryl methyl sites for hydroxylation is 1. The van der Waals surface area contributed by atoms with Crippen molar-refractivity contribution in [2.45, 2.75) is 45.2 Å². The summed E-state index contributed by atoms with van der Waals surface area (Å²) in [5.41, 5.74) is 4.63. The molecule has 1 aromatic carbocycles. The third-order valence-corrected chi connectivity index (χ3v) is 5.45. The second-order valence-electron chi connectivity index (χ2n) is 6.99. The van der Waals surface area contributed by atoms with E-state index in [9.17, 15) is 0 Å². The molecule has 0 amide bonds. The molecule has 3 atom stereocenters. The molecule has 4 rings (SSSR count). The lowest BCUT2D eigenvalue weighted by atomic mass is 9.91. The van der Waals surface area contributed by atoms with Crippen LogP contribution in [0.3, 0.4) is 0 Å². The van der Waals surface area contributed by atoms with E-state index < -0.39 is 0 Å². The van der Waals surface area contributed by atoms with Gasteiger partial charge >= 0.3 is 0 Å². The highest BCUT2D eigenvalue weighted by molar-refractivity contribution is 5.78. The summed E-state index contributed by atoms with van der Waals surface area (Å²) in [5.74, 6) is 1.55. The Morgan fingerprint density at radius 3 is 2.65 bits per heavy atom. The molecule has 3 heterocycles. The minimum absolute atomic E-state index is 0.651. The van der Waals surface area contributed by atoms with Gasteiger partial charge in [0.05, 0.1) is 0 Å². The molecule has 3 nitrogen and oxygen atoms in total. The topological polar surface area (TPSA) is 29.0 Å². The highest BCUT2D eigenvalue weighted by Crippen LogP contribution is 2.46. The van der Waals surface area contributed by atoms with Crippen molar-refractivity contribution in [3.63, 3.8) is 0 Å². The van der Waals surface area contributed by atoms with Crippen LogP contribution in [-0.4, -0.2) is 27.0 Å². The lowest BCUT2D eigenvalue weighted by molar-refractivity contribution is 0.352. The van der Waals surface area contributed by atoms with Crippen molar-refractivity contribution < 1.29 is 0 Å². The van der Waals surface area contributed by atoms with Crippen LogP contribution in [0.1, 0.15) is 37.3 Å². The Labute approximate surface area is 138 Å². The standard InChI is InChI=1S/C20H23N3/c1-13-5-7-17(18(11-13)20-21-9-4-10-22-20)15(3)23-16-6-8-19(23)14(2)12-16/h4-5,7,9-11,14,16,19H,3,6,8,12H2,1-2H3. The number of hydrogen-bond acceptors (Lipinski definition) is 3. The van der Waals surface area contributed by atoms with E-state index >= 15 is 0 Å². The summed E-state index contributed by atoms with van der Waals surface area (Å²) >= 11 is 0. The smallest absolute Gasteiger partial charge is 0.159 e. The van der Waals surface area contributed by atoms with Crippen molar-refractivity contribution >= 4 is 5.70 Å².